The predicted octanol–water partition coefficient (Wildman–Crippen LogP) is 2.53. The molecule has 0 aliphatic carbocycles. The minimum absolute atomic E-state index is 0.0794. The summed E-state index contributed by atoms with van der Waals surface area (Å²) in [5, 5.41) is 8.72. The van der Waals surface area contributed by atoms with Gasteiger partial charge in [0, 0.05) is 18.2 Å². The summed E-state index contributed by atoms with van der Waals surface area (Å²) in [6.45, 7) is 0.581. The molecule has 0 spiro atoms. The smallest absolute Gasteiger partial charge is 0.328 e. The topological polar surface area (TPSA) is 102 Å². The number of fused-ring (bicyclic) bond motifs is 1. The van der Waals surface area contributed by atoms with E-state index in [1.165, 1.54) is 25.3 Å². The van der Waals surface area contributed by atoms with Crippen LogP contribution in [0.5, 0.6) is 11.5 Å². The average molecular weight is 375 g/mol. The summed E-state index contributed by atoms with van der Waals surface area (Å²) in [5.74, 6) is -0.204. The number of hydrogen-bond acceptors (Lipinski definition) is 5. The van der Waals surface area contributed by atoms with Crippen molar-refractivity contribution in [1.82, 2.24) is 0 Å². The number of aliphatic carboxylic acids is 1. The van der Waals surface area contributed by atoms with Crippen molar-refractivity contribution in [3.63, 3.8) is 0 Å². The number of methoxy groups -OCH3 is 1. The molecule has 3 rings (SSSR count). The van der Waals surface area contributed by atoms with Gasteiger partial charge in [0.15, 0.2) is 0 Å². The summed E-state index contributed by atoms with van der Waals surface area (Å²) in [6, 6.07) is 9.50. The first-order valence-corrected chi connectivity index (χ1v) is 9.25. The van der Waals surface area contributed by atoms with Crippen molar-refractivity contribution in [1.29, 1.82) is 0 Å². The fraction of sp³-hybridized carbons (Fsp3) is 0.167. The number of rotatable bonds is 6. The molecule has 7 nitrogen and oxygen atoms in total. The molecule has 0 aromatic heterocycles. The molecule has 0 amide bonds. The third kappa shape index (κ3) is 3.80. The Balaban J connectivity index is 1.94. The summed E-state index contributed by atoms with van der Waals surface area (Å²) in [7, 11) is -2.56. The summed E-state index contributed by atoms with van der Waals surface area (Å²) in [6.07, 6.45) is 2.98. The molecule has 2 aromatic rings. The van der Waals surface area contributed by atoms with E-state index in [0.717, 1.165) is 23.8 Å². The van der Waals surface area contributed by atoms with Crippen LogP contribution in [0.1, 0.15) is 11.1 Å². The van der Waals surface area contributed by atoms with Crippen molar-refractivity contribution in [3.8, 4) is 11.5 Å². The zero-order valence-corrected chi connectivity index (χ0v) is 14.7. The Morgan fingerprint density at radius 3 is 2.81 bits per heavy atom. The summed E-state index contributed by atoms with van der Waals surface area (Å²) in [4.78, 5) is 10.6. The maximum atomic E-state index is 12.8. The normalized spacial score (nSPS) is 13.3. The number of ether oxygens (including phenoxy) is 2. The van der Waals surface area contributed by atoms with E-state index in [9.17, 15) is 13.2 Å². The fourth-order valence-corrected chi connectivity index (χ4v) is 3.89. The second-order valence-electron chi connectivity index (χ2n) is 5.61. The highest BCUT2D eigenvalue weighted by molar-refractivity contribution is 7.92. The molecule has 2 N–H and O–H groups in total. The van der Waals surface area contributed by atoms with Crippen molar-refractivity contribution < 1.29 is 27.8 Å². The van der Waals surface area contributed by atoms with Crippen LogP contribution in [-0.2, 0) is 21.2 Å². The van der Waals surface area contributed by atoms with Gasteiger partial charge in [0.05, 0.1) is 13.7 Å². The van der Waals surface area contributed by atoms with E-state index in [-0.39, 0.29) is 10.6 Å². The van der Waals surface area contributed by atoms with Crippen molar-refractivity contribution in [2.24, 2.45) is 0 Å². The van der Waals surface area contributed by atoms with Gasteiger partial charge in [0.25, 0.3) is 10.0 Å². The highest BCUT2D eigenvalue weighted by Gasteiger charge is 2.21. The number of carboxylic acid groups (broad SMARTS) is 1. The van der Waals surface area contributed by atoms with Gasteiger partial charge in [-0.25, -0.2) is 13.2 Å². The third-order valence-electron chi connectivity index (χ3n) is 3.84. The largest absolute Gasteiger partial charge is 0.495 e. The molecule has 0 radical (unpaired) electrons. The number of benzene rings is 2. The maximum absolute atomic E-state index is 12.8. The molecule has 1 aliphatic heterocycles. The van der Waals surface area contributed by atoms with Crippen LogP contribution in [0.2, 0.25) is 0 Å². The zero-order chi connectivity index (χ0) is 18.7. The Kier molecular flexibility index (Phi) is 4.85. The van der Waals surface area contributed by atoms with Crippen molar-refractivity contribution in [2.45, 2.75) is 11.3 Å². The highest BCUT2D eigenvalue weighted by Crippen LogP contribution is 2.31. The molecule has 0 unspecified atom stereocenters. The second-order valence-corrected chi connectivity index (χ2v) is 7.26. The van der Waals surface area contributed by atoms with Crippen LogP contribution in [-0.4, -0.2) is 33.2 Å². The Bertz CT molecular complexity index is 981. The van der Waals surface area contributed by atoms with Crippen LogP contribution >= 0.6 is 0 Å². The molecular weight excluding hydrogens is 358 g/mol. The Morgan fingerprint density at radius 1 is 1.27 bits per heavy atom. The van der Waals surface area contributed by atoms with Crippen LogP contribution in [0.4, 0.5) is 5.69 Å². The van der Waals surface area contributed by atoms with Crippen LogP contribution < -0.4 is 14.2 Å². The van der Waals surface area contributed by atoms with Gasteiger partial charge < -0.3 is 14.6 Å². The van der Waals surface area contributed by atoms with Crippen LogP contribution in [0.15, 0.2) is 47.4 Å². The van der Waals surface area contributed by atoms with Gasteiger partial charge in [-0.2, -0.15) is 0 Å². The molecule has 0 saturated carbocycles. The highest BCUT2D eigenvalue weighted by atomic mass is 32.2. The van der Waals surface area contributed by atoms with Gasteiger partial charge in [0.1, 0.15) is 16.4 Å². The quantitative estimate of drug-likeness (QED) is 0.753. The number of sulfonamides is 1. The van der Waals surface area contributed by atoms with Gasteiger partial charge >= 0.3 is 5.97 Å². The van der Waals surface area contributed by atoms with E-state index in [4.69, 9.17) is 14.6 Å². The standard InChI is InChI=1S/C18H17NO6S/c1-24-16-5-2-12(3-7-18(20)21)10-17(16)26(22,23)19-14-4-6-15-13(11-14)8-9-25-15/h2-7,10-11,19H,8-9H2,1H3,(H,20,21). The summed E-state index contributed by atoms with van der Waals surface area (Å²) >= 11 is 0. The first-order valence-electron chi connectivity index (χ1n) is 7.76. The minimum Gasteiger partial charge on any atom is -0.495 e. The van der Waals surface area contributed by atoms with Gasteiger partial charge in [0.2, 0.25) is 0 Å². The zero-order valence-electron chi connectivity index (χ0n) is 13.9. The van der Waals surface area contributed by atoms with E-state index in [0.29, 0.717) is 17.9 Å². The number of anilines is 1. The molecule has 0 saturated heterocycles. The Morgan fingerprint density at radius 2 is 2.08 bits per heavy atom. The van der Waals surface area contributed by atoms with Crippen molar-refractivity contribution in [3.05, 3.63) is 53.6 Å². The van der Waals surface area contributed by atoms with Gasteiger partial charge in [-0.1, -0.05) is 6.07 Å². The molecule has 0 bridgehead atoms. The maximum Gasteiger partial charge on any atom is 0.328 e. The van der Waals surface area contributed by atoms with Crippen LogP contribution in [0.3, 0.4) is 0 Å². The molecule has 0 fully saturated rings. The summed E-state index contributed by atoms with van der Waals surface area (Å²) < 4.78 is 38.7. The lowest BCUT2D eigenvalue weighted by Crippen LogP contribution is -2.14. The van der Waals surface area contributed by atoms with E-state index in [1.807, 2.05) is 0 Å². The molecule has 2 aromatic carbocycles. The van der Waals surface area contributed by atoms with E-state index < -0.39 is 16.0 Å². The minimum atomic E-state index is -3.93. The van der Waals surface area contributed by atoms with E-state index in [2.05, 4.69) is 4.72 Å². The first-order chi connectivity index (χ1) is 12.4. The van der Waals surface area contributed by atoms with Gasteiger partial charge in [-0.15, -0.1) is 0 Å². The monoisotopic (exact) mass is 375 g/mol. The fourth-order valence-electron chi connectivity index (χ4n) is 2.63. The molecule has 8 heteroatoms. The number of carboxylic acids is 1. The third-order valence-corrected chi connectivity index (χ3v) is 5.24. The molecule has 0 atom stereocenters. The van der Waals surface area contributed by atoms with Crippen molar-refractivity contribution >= 4 is 27.8 Å². The molecule has 1 heterocycles. The lowest BCUT2D eigenvalue weighted by atomic mass is 10.1. The van der Waals surface area contributed by atoms with Crippen LogP contribution in [0.25, 0.3) is 6.08 Å². The Labute approximate surface area is 150 Å². The Hall–Kier alpha value is -3.00. The van der Waals surface area contributed by atoms with Crippen LogP contribution in [0, 0.1) is 0 Å². The number of hydrogen-bond donors (Lipinski definition) is 2. The molecule has 136 valence electrons. The lowest BCUT2D eigenvalue weighted by Gasteiger charge is -2.13. The molecule has 26 heavy (non-hydrogen) atoms. The predicted molar refractivity (Wildman–Crippen MR) is 96.1 cm³/mol. The lowest BCUT2D eigenvalue weighted by molar-refractivity contribution is -0.131. The first kappa shape index (κ1) is 17.8. The van der Waals surface area contributed by atoms with Crippen molar-refractivity contribution in [2.75, 3.05) is 18.4 Å². The average Bonchev–Trinajstić information content (AvgIpc) is 3.07. The summed E-state index contributed by atoms with van der Waals surface area (Å²) in [5.41, 5.74) is 1.79. The van der Waals surface area contributed by atoms with E-state index in [1.54, 1.807) is 24.3 Å². The number of nitrogens with one attached hydrogen (secondary N) is 1. The van der Waals surface area contributed by atoms with Gasteiger partial charge in [-0.3, -0.25) is 4.72 Å². The number of carbonyl (C=O) groups is 1. The second kappa shape index (κ2) is 7.09. The SMILES string of the molecule is COc1ccc(C=CC(=O)O)cc1S(=O)(=O)Nc1ccc2c(c1)CCO2. The molecule has 1 aliphatic rings. The van der Waals surface area contributed by atoms with Gasteiger partial charge in [-0.05, 0) is 47.5 Å². The van der Waals surface area contributed by atoms with E-state index >= 15 is 0 Å². The molecular formula is C18H17NO6S.